The highest BCUT2D eigenvalue weighted by atomic mass is 16.5. The average Bonchev–Trinajstić information content (AvgIpc) is 2.84. The maximum Gasteiger partial charge on any atom is 0.407 e. The monoisotopic (exact) mass is 521 g/mol. The van der Waals surface area contributed by atoms with Gasteiger partial charge in [-0.25, -0.2) is 4.79 Å². The third-order valence-corrected chi connectivity index (χ3v) is 5.37. The molecular weight excluding hydrogens is 470 g/mol. The fourth-order valence-corrected chi connectivity index (χ4v) is 3.14. The third-order valence-electron chi connectivity index (χ3n) is 5.37. The Bertz CT molecular complexity index is 724. The van der Waals surface area contributed by atoms with Gasteiger partial charge in [0.1, 0.15) is 6.04 Å². The van der Waals surface area contributed by atoms with Crippen LogP contribution in [-0.4, -0.2) is 55.8 Å². The van der Waals surface area contributed by atoms with Crippen molar-refractivity contribution in [3.63, 3.8) is 0 Å². The summed E-state index contributed by atoms with van der Waals surface area (Å²) in [7, 11) is 2.03. The zero-order valence-corrected chi connectivity index (χ0v) is 24.1. The van der Waals surface area contributed by atoms with Crippen molar-refractivity contribution in [3.05, 3.63) is 36.5 Å². The Morgan fingerprint density at radius 1 is 1.08 bits per heavy atom. The largest absolute Gasteiger partial charge is 0.450 e. The lowest BCUT2D eigenvalue weighted by atomic mass is 9.94. The van der Waals surface area contributed by atoms with Crippen molar-refractivity contribution < 1.29 is 23.9 Å². The summed E-state index contributed by atoms with van der Waals surface area (Å²) in [4.78, 5) is 47.6. The van der Waals surface area contributed by atoms with E-state index in [4.69, 9.17) is 4.74 Å². The maximum atomic E-state index is 12.7. The average molecular weight is 522 g/mol. The van der Waals surface area contributed by atoms with Gasteiger partial charge >= 0.3 is 6.09 Å². The van der Waals surface area contributed by atoms with Crippen LogP contribution in [0.1, 0.15) is 86.5 Å². The summed E-state index contributed by atoms with van der Waals surface area (Å²) in [5, 5.41) is 8.30. The zero-order chi connectivity index (χ0) is 28.6. The summed E-state index contributed by atoms with van der Waals surface area (Å²) in [6.45, 7) is 15.7. The van der Waals surface area contributed by atoms with Crippen LogP contribution in [0.5, 0.6) is 0 Å². The fourth-order valence-electron chi connectivity index (χ4n) is 3.14. The number of ether oxygens (including phenoxy) is 1. The number of carbonyl (C=O) groups is 4. The summed E-state index contributed by atoms with van der Waals surface area (Å²) >= 11 is 0. The van der Waals surface area contributed by atoms with Crippen LogP contribution in [0.4, 0.5) is 4.79 Å². The molecule has 2 amide bonds. The number of nitrogens with one attached hydrogen (secondary N) is 3. The maximum absolute atomic E-state index is 12.7. The molecule has 2 atom stereocenters. The Hall–Kier alpha value is -2.74. The number of allylic oxidation sites excluding steroid dienone is 4. The number of carbonyl (C=O) groups excluding carboxylic acids is 4. The van der Waals surface area contributed by atoms with Crippen LogP contribution >= 0.6 is 0 Å². The first kappa shape index (κ1) is 36.4. The SMILES string of the molecule is C=C(/C=C\C/C=C\C)C[C@H](NC(=O)C(CC(C)C)NC(=O)OCCC)C(=O)C=O.CC.CNC1CCC1. The Morgan fingerprint density at radius 2 is 1.73 bits per heavy atom. The van der Waals surface area contributed by atoms with E-state index in [1.54, 1.807) is 6.08 Å². The van der Waals surface area contributed by atoms with E-state index in [9.17, 15) is 19.2 Å². The van der Waals surface area contributed by atoms with Crippen molar-refractivity contribution in [1.82, 2.24) is 16.0 Å². The van der Waals surface area contributed by atoms with Crippen molar-refractivity contribution >= 4 is 24.1 Å². The van der Waals surface area contributed by atoms with Gasteiger partial charge < -0.3 is 20.7 Å². The molecule has 0 aliphatic heterocycles. The number of aldehydes is 1. The molecule has 1 aliphatic rings. The van der Waals surface area contributed by atoms with Crippen LogP contribution < -0.4 is 16.0 Å². The molecule has 0 saturated heterocycles. The number of hydrogen-bond acceptors (Lipinski definition) is 6. The molecule has 212 valence electrons. The molecule has 0 aromatic heterocycles. The van der Waals surface area contributed by atoms with Gasteiger partial charge in [0, 0.05) is 6.04 Å². The van der Waals surface area contributed by atoms with Gasteiger partial charge in [-0.1, -0.05) is 77.5 Å². The lowest BCUT2D eigenvalue weighted by molar-refractivity contribution is -0.133. The molecule has 37 heavy (non-hydrogen) atoms. The van der Waals surface area contributed by atoms with E-state index in [1.165, 1.54) is 19.3 Å². The molecule has 8 heteroatoms. The van der Waals surface area contributed by atoms with Gasteiger partial charge in [-0.05, 0) is 58.4 Å². The zero-order valence-electron chi connectivity index (χ0n) is 24.1. The van der Waals surface area contributed by atoms with E-state index in [2.05, 4.69) is 22.5 Å². The predicted molar refractivity (Wildman–Crippen MR) is 151 cm³/mol. The summed E-state index contributed by atoms with van der Waals surface area (Å²) in [5.41, 5.74) is 0.603. The molecule has 3 N–H and O–H groups in total. The standard InChI is InChI=1S/C22H34N2O5.C5H11N.C2H6/c1-6-8-9-10-11-17(5)14-18(20(26)15-25)23-21(27)19(13-16(3)4)24-22(28)29-12-7-2;1-6-5-3-2-4-5;1-2/h6,8,10-11,15-16,18-19H,5,7,9,12-14H2,1-4H3,(H,23,27)(H,24,28);5-6H,2-4H2,1H3;1-2H3/b8-6-,11-10-;;/t18-,19?;;/m0../s1. The smallest absolute Gasteiger partial charge is 0.407 e. The summed E-state index contributed by atoms with van der Waals surface area (Å²) < 4.78 is 4.97. The Balaban J connectivity index is 0. The van der Waals surface area contributed by atoms with E-state index in [0.29, 0.717) is 24.8 Å². The minimum atomic E-state index is -1.04. The topological polar surface area (TPSA) is 114 Å². The van der Waals surface area contributed by atoms with Gasteiger partial charge in [-0.3, -0.25) is 14.4 Å². The summed E-state index contributed by atoms with van der Waals surface area (Å²) in [5.74, 6) is -1.18. The second-order valence-corrected chi connectivity index (χ2v) is 9.03. The van der Waals surface area contributed by atoms with E-state index in [1.807, 2.05) is 66.8 Å². The van der Waals surface area contributed by atoms with Gasteiger partial charge in [0.25, 0.3) is 0 Å². The highest BCUT2D eigenvalue weighted by Crippen LogP contribution is 2.16. The molecule has 1 aliphatic carbocycles. The fraction of sp³-hybridized carbons (Fsp3) is 0.655. The van der Waals surface area contributed by atoms with Gasteiger partial charge in [0.2, 0.25) is 11.7 Å². The van der Waals surface area contributed by atoms with Crippen molar-refractivity contribution in [2.75, 3.05) is 13.7 Å². The van der Waals surface area contributed by atoms with Crippen LogP contribution in [0, 0.1) is 5.92 Å². The lowest BCUT2D eigenvalue weighted by Gasteiger charge is -2.23. The van der Waals surface area contributed by atoms with Crippen molar-refractivity contribution in [2.24, 2.45) is 5.92 Å². The van der Waals surface area contributed by atoms with Crippen LogP contribution in [0.3, 0.4) is 0 Å². The minimum absolute atomic E-state index is 0.102. The number of alkyl carbamates (subject to hydrolysis) is 1. The van der Waals surface area contributed by atoms with Crippen LogP contribution in [0.2, 0.25) is 0 Å². The number of hydrogen-bond donors (Lipinski definition) is 3. The molecule has 0 heterocycles. The second kappa shape index (κ2) is 23.6. The molecule has 1 saturated carbocycles. The lowest BCUT2D eigenvalue weighted by Crippen LogP contribution is -2.52. The summed E-state index contributed by atoms with van der Waals surface area (Å²) in [6.07, 6.45) is 13.1. The number of Topliss-reactive ketones (excluding diaryl/α,β-unsaturated/α-hetero) is 1. The first-order valence-electron chi connectivity index (χ1n) is 13.5. The minimum Gasteiger partial charge on any atom is -0.450 e. The molecule has 1 unspecified atom stereocenters. The normalized spacial score (nSPS) is 14.4. The van der Waals surface area contributed by atoms with Crippen LogP contribution in [0.25, 0.3) is 0 Å². The van der Waals surface area contributed by atoms with E-state index in [0.717, 1.165) is 6.04 Å². The van der Waals surface area contributed by atoms with Gasteiger partial charge in [0.05, 0.1) is 12.6 Å². The van der Waals surface area contributed by atoms with Gasteiger partial charge in [-0.15, -0.1) is 0 Å². The van der Waals surface area contributed by atoms with E-state index >= 15 is 0 Å². The number of ketones is 1. The highest BCUT2D eigenvalue weighted by Gasteiger charge is 2.27. The van der Waals surface area contributed by atoms with Gasteiger partial charge in [-0.2, -0.15) is 0 Å². The first-order valence-corrected chi connectivity index (χ1v) is 13.5. The first-order chi connectivity index (χ1) is 17.7. The molecule has 0 radical (unpaired) electrons. The molecule has 8 nitrogen and oxygen atoms in total. The van der Waals surface area contributed by atoms with Crippen LogP contribution in [-0.2, 0) is 19.1 Å². The third kappa shape index (κ3) is 19.1. The van der Waals surface area contributed by atoms with Crippen molar-refractivity contribution in [3.8, 4) is 0 Å². The molecule has 0 spiro atoms. The summed E-state index contributed by atoms with van der Waals surface area (Å²) in [6, 6.07) is -1.05. The molecule has 0 aromatic rings. The quantitative estimate of drug-likeness (QED) is 0.120. The Morgan fingerprint density at radius 3 is 2.16 bits per heavy atom. The Kier molecular flexibility index (Phi) is 23.3. The Labute approximate surface area is 224 Å². The predicted octanol–water partition coefficient (Wildman–Crippen LogP) is 5.04. The highest BCUT2D eigenvalue weighted by molar-refractivity contribution is 6.28. The van der Waals surface area contributed by atoms with Crippen LogP contribution in [0.15, 0.2) is 36.5 Å². The van der Waals surface area contributed by atoms with E-state index < -0.39 is 29.9 Å². The van der Waals surface area contributed by atoms with Gasteiger partial charge in [0.15, 0.2) is 6.29 Å². The molecule has 0 bridgehead atoms. The van der Waals surface area contributed by atoms with Crippen molar-refractivity contribution in [2.45, 2.75) is 105 Å². The molecule has 1 rings (SSSR count). The molecule has 1 fully saturated rings. The van der Waals surface area contributed by atoms with E-state index in [-0.39, 0.29) is 25.2 Å². The number of amides is 2. The van der Waals surface area contributed by atoms with Crippen molar-refractivity contribution in [1.29, 1.82) is 0 Å². The number of rotatable bonds is 15. The molecular formula is C29H51N3O5. The second-order valence-electron chi connectivity index (χ2n) is 9.03. The molecule has 0 aromatic carbocycles.